The summed E-state index contributed by atoms with van der Waals surface area (Å²) in [5, 5.41) is 2.89. The number of aryl methyl sites for hydroxylation is 1. The van der Waals surface area contributed by atoms with E-state index < -0.39 is 5.97 Å². The number of hydrogen-bond donors (Lipinski definition) is 0. The monoisotopic (exact) mass is 415 g/mol. The van der Waals surface area contributed by atoms with E-state index in [0.29, 0.717) is 11.3 Å². The van der Waals surface area contributed by atoms with Crippen LogP contribution in [-0.4, -0.2) is 29.3 Å². The van der Waals surface area contributed by atoms with Gasteiger partial charge >= 0.3 is 11.9 Å². The zero-order valence-corrected chi connectivity index (χ0v) is 17.4. The van der Waals surface area contributed by atoms with Gasteiger partial charge in [-0.1, -0.05) is 24.3 Å². The van der Waals surface area contributed by atoms with Gasteiger partial charge in [-0.25, -0.2) is 9.78 Å². The molecule has 2 aromatic heterocycles. The van der Waals surface area contributed by atoms with Gasteiger partial charge in [0.25, 0.3) is 0 Å². The average molecular weight is 416 g/mol. The lowest BCUT2D eigenvalue weighted by Crippen LogP contribution is -2.15. The van der Waals surface area contributed by atoms with E-state index in [4.69, 9.17) is 9.47 Å². The molecule has 0 saturated carbocycles. The maximum Gasteiger partial charge on any atom is 0.340 e. The number of benzene rings is 1. The molecule has 0 aliphatic carbocycles. The van der Waals surface area contributed by atoms with Crippen molar-refractivity contribution < 1.29 is 19.1 Å². The fourth-order valence-corrected chi connectivity index (χ4v) is 4.50. The van der Waals surface area contributed by atoms with Gasteiger partial charge in [0, 0.05) is 16.0 Å². The summed E-state index contributed by atoms with van der Waals surface area (Å²) in [6.07, 6.45) is 0. The minimum atomic E-state index is -0.448. The summed E-state index contributed by atoms with van der Waals surface area (Å²) in [5.74, 6) is 0.244. The second-order valence-electron chi connectivity index (χ2n) is 6.03. The summed E-state index contributed by atoms with van der Waals surface area (Å²) in [5.41, 5.74) is 2.33. The summed E-state index contributed by atoms with van der Waals surface area (Å²) in [6, 6.07) is 11.6. The van der Waals surface area contributed by atoms with Crippen LogP contribution in [0.25, 0.3) is 10.9 Å². The molecule has 0 saturated heterocycles. The van der Waals surface area contributed by atoms with Crippen molar-refractivity contribution in [3.8, 4) is 0 Å². The molecule has 3 aromatic rings. The zero-order valence-electron chi connectivity index (χ0n) is 15.8. The molecule has 0 bridgehead atoms. The molecule has 5 nitrogen and oxygen atoms in total. The minimum Gasteiger partial charge on any atom is -0.462 e. The van der Waals surface area contributed by atoms with E-state index in [0.717, 1.165) is 22.2 Å². The molecule has 28 heavy (non-hydrogen) atoms. The number of ether oxygens (including phenoxy) is 2. The van der Waals surface area contributed by atoms with Crippen LogP contribution in [0.15, 0.2) is 41.8 Å². The summed E-state index contributed by atoms with van der Waals surface area (Å²) in [7, 11) is 0. The molecule has 0 amide bonds. The average Bonchev–Trinajstić information content (AvgIpc) is 3.20. The van der Waals surface area contributed by atoms with Crippen molar-refractivity contribution in [3.05, 3.63) is 63.5 Å². The smallest absolute Gasteiger partial charge is 0.340 e. The molecular weight excluding hydrogens is 394 g/mol. The van der Waals surface area contributed by atoms with E-state index in [1.54, 1.807) is 18.3 Å². The first-order valence-electron chi connectivity index (χ1n) is 8.91. The van der Waals surface area contributed by atoms with E-state index in [1.807, 2.05) is 48.7 Å². The number of nitrogens with zero attached hydrogens (tertiary/aromatic N) is 1. The number of fused-ring (bicyclic) bond motifs is 1. The number of carbonyl (C=O) groups excluding carboxylic acids is 2. The number of esters is 2. The lowest BCUT2D eigenvalue weighted by atomic mass is 10.0. The molecule has 1 aromatic carbocycles. The van der Waals surface area contributed by atoms with Gasteiger partial charge in [0.2, 0.25) is 0 Å². The van der Waals surface area contributed by atoms with Crippen LogP contribution >= 0.6 is 23.1 Å². The van der Waals surface area contributed by atoms with Crippen LogP contribution in [-0.2, 0) is 26.6 Å². The Bertz CT molecular complexity index is 970. The van der Waals surface area contributed by atoms with Crippen molar-refractivity contribution in [2.75, 3.05) is 12.4 Å². The first-order valence-corrected chi connectivity index (χ1v) is 10.9. The summed E-state index contributed by atoms with van der Waals surface area (Å²) >= 11 is 3.17. The van der Waals surface area contributed by atoms with E-state index in [1.165, 1.54) is 16.6 Å². The van der Waals surface area contributed by atoms with Crippen molar-refractivity contribution >= 4 is 45.9 Å². The molecule has 0 spiro atoms. The van der Waals surface area contributed by atoms with Gasteiger partial charge in [0.1, 0.15) is 6.61 Å². The molecule has 2 heterocycles. The summed E-state index contributed by atoms with van der Waals surface area (Å²) < 4.78 is 10.6. The number of para-hydroxylation sites is 1. The third kappa shape index (κ3) is 4.91. The second-order valence-corrected chi connectivity index (χ2v) is 8.05. The fraction of sp³-hybridized carbons (Fsp3) is 0.286. The minimum absolute atomic E-state index is 0.0573. The Labute approximate surface area is 172 Å². The van der Waals surface area contributed by atoms with E-state index >= 15 is 0 Å². The number of thioether (sulfide) groups is 1. The van der Waals surface area contributed by atoms with Gasteiger partial charge in [-0.2, -0.15) is 0 Å². The van der Waals surface area contributed by atoms with Gasteiger partial charge in [0.05, 0.1) is 29.1 Å². The Hall–Kier alpha value is -2.38. The van der Waals surface area contributed by atoms with Crippen molar-refractivity contribution in [2.45, 2.75) is 26.2 Å². The highest BCUT2D eigenvalue weighted by atomic mass is 32.2. The molecule has 0 radical (unpaired) electrons. The van der Waals surface area contributed by atoms with Crippen molar-refractivity contribution in [2.24, 2.45) is 0 Å². The summed E-state index contributed by atoms with van der Waals surface area (Å²) in [6.45, 7) is 3.83. The molecule has 0 unspecified atom stereocenters. The molecule has 3 rings (SSSR count). The zero-order chi connectivity index (χ0) is 19.9. The number of rotatable bonds is 8. The van der Waals surface area contributed by atoms with Crippen LogP contribution in [0, 0.1) is 6.92 Å². The van der Waals surface area contributed by atoms with Crippen molar-refractivity contribution in [1.29, 1.82) is 0 Å². The highest BCUT2D eigenvalue weighted by Gasteiger charge is 2.21. The Morgan fingerprint density at radius 1 is 1.14 bits per heavy atom. The SMILES string of the molecule is CCOC(=O)c1c(COC(=O)CSCc2cccs2)nc2ccccc2c1C. The number of carbonyl (C=O) groups is 2. The quantitative estimate of drug-likeness (QED) is 0.494. The van der Waals surface area contributed by atoms with E-state index in [9.17, 15) is 9.59 Å². The maximum atomic E-state index is 12.5. The largest absolute Gasteiger partial charge is 0.462 e. The van der Waals surface area contributed by atoms with Gasteiger partial charge in [-0.15, -0.1) is 23.1 Å². The molecule has 0 N–H and O–H groups in total. The standard InChI is InChI=1S/C21H21NO4S2/c1-3-25-21(24)20-14(2)16-8-4-5-9-17(16)22-18(20)11-26-19(23)13-27-12-15-7-6-10-28-15/h4-10H,3,11-13H2,1-2H3. The first kappa shape index (κ1) is 20.4. The van der Waals surface area contributed by atoms with Crippen LogP contribution in [0.3, 0.4) is 0 Å². The van der Waals surface area contributed by atoms with E-state index in [-0.39, 0.29) is 24.9 Å². The van der Waals surface area contributed by atoms with Gasteiger partial charge in [0.15, 0.2) is 0 Å². The van der Waals surface area contributed by atoms with Crippen LogP contribution in [0.2, 0.25) is 0 Å². The maximum absolute atomic E-state index is 12.5. The van der Waals surface area contributed by atoms with Crippen molar-refractivity contribution in [1.82, 2.24) is 4.98 Å². The van der Waals surface area contributed by atoms with Gasteiger partial charge in [-0.3, -0.25) is 4.79 Å². The molecule has 0 aliphatic heterocycles. The number of thiophene rings is 1. The molecular formula is C21H21NO4S2. The fourth-order valence-electron chi connectivity index (χ4n) is 2.84. The Balaban J connectivity index is 1.72. The third-order valence-corrected chi connectivity index (χ3v) is 6.13. The lowest BCUT2D eigenvalue weighted by Gasteiger charge is -2.14. The highest BCUT2D eigenvalue weighted by molar-refractivity contribution is 7.99. The molecule has 7 heteroatoms. The van der Waals surface area contributed by atoms with Gasteiger partial charge in [-0.05, 0) is 36.9 Å². The highest BCUT2D eigenvalue weighted by Crippen LogP contribution is 2.24. The van der Waals surface area contributed by atoms with Gasteiger partial charge < -0.3 is 9.47 Å². The number of aromatic nitrogens is 1. The predicted octanol–water partition coefficient (Wildman–Crippen LogP) is 4.76. The third-order valence-electron chi connectivity index (χ3n) is 4.12. The van der Waals surface area contributed by atoms with Crippen LogP contribution < -0.4 is 0 Å². The van der Waals surface area contributed by atoms with Crippen LogP contribution in [0.4, 0.5) is 0 Å². The van der Waals surface area contributed by atoms with Crippen LogP contribution in [0.1, 0.15) is 33.4 Å². The molecule has 0 atom stereocenters. The number of pyridine rings is 1. The number of hydrogen-bond acceptors (Lipinski definition) is 7. The normalized spacial score (nSPS) is 10.8. The first-order chi connectivity index (χ1) is 13.6. The van der Waals surface area contributed by atoms with Crippen molar-refractivity contribution in [3.63, 3.8) is 0 Å². The summed E-state index contributed by atoms with van der Waals surface area (Å²) in [4.78, 5) is 30.4. The Kier molecular flexibility index (Phi) is 7.06. The topological polar surface area (TPSA) is 65.5 Å². The Morgan fingerprint density at radius 2 is 1.96 bits per heavy atom. The second kappa shape index (κ2) is 9.71. The lowest BCUT2D eigenvalue weighted by molar-refractivity contribution is -0.141. The molecule has 0 aliphatic rings. The van der Waals surface area contributed by atoms with E-state index in [2.05, 4.69) is 4.98 Å². The molecule has 146 valence electrons. The predicted molar refractivity (Wildman–Crippen MR) is 113 cm³/mol. The van der Waals surface area contributed by atoms with Crippen LogP contribution in [0.5, 0.6) is 0 Å². The molecule has 0 fully saturated rings. The Morgan fingerprint density at radius 3 is 2.71 bits per heavy atom.